The number of carbonyl (C=O) groups excluding carboxylic acids is 5. The largest absolute Gasteiger partial charge is 0.505 e. The molecule has 9 nitrogen and oxygen atoms in total. The van der Waals surface area contributed by atoms with Crippen LogP contribution in [0.3, 0.4) is 0 Å². The number of hydrogen-bond donors (Lipinski definition) is 2. The van der Waals surface area contributed by atoms with Crippen LogP contribution in [-0.4, -0.2) is 60.4 Å². The summed E-state index contributed by atoms with van der Waals surface area (Å²) in [7, 11) is 0. The van der Waals surface area contributed by atoms with Gasteiger partial charge in [0, 0.05) is 19.5 Å². The summed E-state index contributed by atoms with van der Waals surface area (Å²) in [6, 6.07) is 3.59. The summed E-state index contributed by atoms with van der Waals surface area (Å²) in [6.45, 7) is 2.18. The number of nitrogens with two attached hydrogens (primary N) is 1. The molecular weight excluding hydrogens is 416 g/mol. The SMILES string of the molecule is NC(=O)C1C(=O)CC2CC3Cc4ccc(N5CCOCC5)c(O)c4C(=O)C3C(=O)C2C1=O. The second-order valence-electron chi connectivity index (χ2n) is 9.16. The molecule has 1 heterocycles. The van der Waals surface area contributed by atoms with Crippen LogP contribution in [-0.2, 0) is 30.3 Å². The van der Waals surface area contributed by atoms with Crippen molar-refractivity contribution in [2.45, 2.75) is 19.3 Å². The van der Waals surface area contributed by atoms with Gasteiger partial charge in [-0.25, -0.2) is 0 Å². The fraction of sp³-hybridized carbons (Fsp3) is 0.522. The van der Waals surface area contributed by atoms with Gasteiger partial charge >= 0.3 is 0 Å². The summed E-state index contributed by atoms with van der Waals surface area (Å²) in [6.07, 6.45) is 0.696. The molecule has 3 N–H and O–H groups in total. The van der Waals surface area contributed by atoms with E-state index in [9.17, 15) is 29.1 Å². The molecule has 2 saturated carbocycles. The number of Topliss-reactive ketones (excluding diaryl/α,β-unsaturated/α-hetero) is 4. The van der Waals surface area contributed by atoms with E-state index in [2.05, 4.69) is 0 Å². The number of benzene rings is 1. The molecule has 9 heteroatoms. The molecule has 1 amide bonds. The molecule has 1 aliphatic heterocycles. The molecule has 0 aromatic heterocycles. The molecular formula is C23H24N2O7. The third-order valence-corrected chi connectivity index (χ3v) is 7.43. The molecule has 5 rings (SSSR count). The molecule has 4 aliphatic rings. The molecule has 1 aromatic rings. The Balaban J connectivity index is 1.51. The van der Waals surface area contributed by atoms with Crippen LogP contribution in [0.25, 0.3) is 0 Å². The molecule has 0 spiro atoms. The number of fused-ring (bicyclic) bond motifs is 3. The Morgan fingerprint density at radius 1 is 1.00 bits per heavy atom. The van der Waals surface area contributed by atoms with Crippen molar-refractivity contribution >= 4 is 34.7 Å². The lowest BCUT2D eigenvalue weighted by Crippen LogP contribution is -2.56. The van der Waals surface area contributed by atoms with Gasteiger partial charge in [-0.15, -0.1) is 0 Å². The van der Waals surface area contributed by atoms with Crippen molar-refractivity contribution in [2.24, 2.45) is 35.3 Å². The van der Waals surface area contributed by atoms with Gasteiger partial charge in [0.15, 0.2) is 29.1 Å². The molecule has 168 valence electrons. The normalized spacial score (nSPS) is 32.2. The zero-order chi connectivity index (χ0) is 22.7. The van der Waals surface area contributed by atoms with Crippen LogP contribution < -0.4 is 10.6 Å². The van der Waals surface area contributed by atoms with Gasteiger partial charge in [0.25, 0.3) is 0 Å². The number of nitrogens with zero attached hydrogens (tertiary/aromatic N) is 1. The number of phenols is 1. The molecule has 3 fully saturated rings. The molecule has 1 aromatic carbocycles. The Morgan fingerprint density at radius 3 is 2.38 bits per heavy atom. The minimum Gasteiger partial charge on any atom is -0.505 e. The van der Waals surface area contributed by atoms with Crippen LogP contribution in [0.15, 0.2) is 12.1 Å². The van der Waals surface area contributed by atoms with E-state index in [0.717, 1.165) is 0 Å². The second kappa shape index (κ2) is 7.51. The van der Waals surface area contributed by atoms with Crippen molar-refractivity contribution in [1.82, 2.24) is 0 Å². The zero-order valence-corrected chi connectivity index (χ0v) is 17.4. The van der Waals surface area contributed by atoms with Gasteiger partial charge in [0.1, 0.15) is 5.75 Å². The number of phenolic OH excluding ortho intramolecular Hbond substituents is 1. The minimum absolute atomic E-state index is 0.0682. The summed E-state index contributed by atoms with van der Waals surface area (Å²) in [4.78, 5) is 65.6. The number of hydrogen-bond acceptors (Lipinski definition) is 8. The van der Waals surface area contributed by atoms with E-state index in [-0.39, 0.29) is 23.7 Å². The first-order valence-electron chi connectivity index (χ1n) is 10.9. The lowest BCUT2D eigenvalue weighted by molar-refractivity contribution is -0.152. The van der Waals surface area contributed by atoms with Crippen molar-refractivity contribution < 1.29 is 33.8 Å². The van der Waals surface area contributed by atoms with Crippen LogP contribution >= 0.6 is 0 Å². The molecule has 32 heavy (non-hydrogen) atoms. The Hall–Kier alpha value is -3.07. The number of morpholine rings is 1. The quantitative estimate of drug-likeness (QED) is 0.614. The number of rotatable bonds is 2. The van der Waals surface area contributed by atoms with Gasteiger partial charge in [-0.2, -0.15) is 0 Å². The maximum Gasteiger partial charge on any atom is 0.235 e. The highest BCUT2D eigenvalue weighted by molar-refractivity contribution is 6.27. The van der Waals surface area contributed by atoms with Gasteiger partial charge in [0.2, 0.25) is 5.91 Å². The van der Waals surface area contributed by atoms with E-state index in [4.69, 9.17) is 10.5 Å². The van der Waals surface area contributed by atoms with Crippen molar-refractivity contribution in [1.29, 1.82) is 0 Å². The van der Waals surface area contributed by atoms with E-state index in [1.54, 1.807) is 6.07 Å². The highest BCUT2D eigenvalue weighted by atomic mass is 16.5. The van der Waals surface area contributed by atoms with Crippen molar-refractivity contribution in [3.8, 4) is 5.75 Å². The molecule has 3 aliphatic carbocycles. The summed E-state index contributed by atoms with van der Waals surface area (Å²) < 4.78 is 5.35. The average molecular weight is 440 g/mol. The third-order valence-electron chi connectivity index (χ3n) is 7.43. The van der Waals surface area contributed by atoms with E-state index < -0.39 is 52.7 Å². The summed E-state index contributed by atoms with van der Waals surface area (Å²) in [5.41, 5.74) is 6.56. The van der Waals surface area contributed by atoms with Crippen molar-refractivity contribution in [2.75, 3.05) is 31.2 Å². The second-order valence-corrected chi connectivity index (χ2v) is 9.16. The number of anilines is 1. The van der Waals surface area contributed by atoms with Crippen LogP contribution in [0, 0.1) is 29.6 Å². The summed E-state index contributed by atoms with van der Waals surface area (Å²) >= 11 is 0. The van der Waals surface area contributed by atoms with Crippen molar-refractivity contribution in [3.63, 3.8) is 0 Å². The number of ketones is 4. The van der Waals surface area contributed by atoms with Crippen LogP contribution in [0.1, 0.15) is 28.8 Å². The average Bonchev–Trinajstić information content (AvgIpc) is 2.73. The third kappa shape index (κ3) is 2.98. The van der Waals surface area contributed by atoms with Gasteiger partial charge in [-0.1, -0.05) is 6.07 Å². The molecule has 0 bridgehead atoms. The van der Waals surface area contributed by atoms with Crippen LogP contribution in [0.5, 0.6) is 5.75 Å². The topological polar surface area (TPSA) is 144 Å². The fourth-order valence-electron chi connectivity index (χ4n) is 6.02. The number of amides is 1. The fourth-order valence-corrected chi connectivity index (χ4v) is 6.02. The lowest BCUT2D eigenvalue weighted by Gasteiger charge is -2.44. The molecule has 5 unspecified atom stereocenters. The van der Waals surface area contributed by atoms with Gasteiger partial charge in [-0.05, 0) is 36.3 Å². The minimum atomic E-state index is -1.62. The number of primary amides is 1. The van der Waals surface area contributed by atoms with E-state index in [1.807, 2.05) is 11.0 Å². The number of carbonyl (C=O) groups is 5. The number of ether oxygens (including phenoxy) is 1. The number of aromatic hydroxyl groups is 1. The van der Waals surface area contributed by atoms with E-state index in [0.29, 0.717) is 50.4 Å². The molecule has 5 atom stereocenters. The predicted molar refractivity (Wildman–Crippen MR) is 110 cm³/mol. The highest BCUT2D eigenvalue weighted by Gasteiger charge is 2.57. The first-order valence-corrected chi connectivity index (χ1v) is 10.9. The standard InChI is InChI=1S/C23H24N2O7/c24-23(31)18-14(26)9-12-8-11-7-10-1-2-13(25-3-5-32-6-4-25)19(27)15(10)20(28)16(11)21(29)17(12)22(18)30/h1-2,11-12,16-18,27H,3-9H2,(H2,24,31). The Bertz CT molecular complexity index is 1060. The van der Waals surface area contributed by atoms with Crippen molar-refractivity contribution in [3.05, 3.63) is 23.3 Å². The first-order chi connectivity index (χ1) is 15.3. The first kappa shape index (κ1) is 20.8. The molecule has 0 radical (unpaired) electrons. The molecule has 1 saturated heterocycles. The Labute approximate surface area is 183 Å². The predicted octanol–water partition coefficient (Wildman–Crippen LogP) is 0.0486. The maximum absolute atomic E-state index is 13.5. The van der Waals surface area contributed by atoms with E-state index >= 15 is 0 Å². The smallest absolute Gasteiger partial charge is 0.235 e. The Morgan fingerprint density at radius 2 is 1.69 bits per heavy atom. The monoisotopic (exact) mass is 440 g/mol. The van der Waals surface area contributed by atoms with Gasteiger partial charge in [-0.3, -0.25) is 24.0 Å². The highest BCUT2D eigenvalue weighted by Crippen LogP contribution is 2.49. The van der Waals surface area contributed by atoms with Crippen LogP contribution in [0.4, 0.5) is 5.69 Å². The summed E-state index contributed by atoms with van der Waals surface area (Å²) in [5.74, 6) is -8.32. The van der Waals surface area contributed by atoms with Crippen LogP contribution in [0.2, 0.25) is 0 Å². The zero-order valence-electron chi connectivity index (χ0n) is 17.4. The van der Waals surface area contributed by atoms with Gasteiger partial charge in [0.05, 0.1) is 36.3 Å². The lowest BCUT2D eigenvalue weighted by atomic mass is 9.56. The van der Waals surface area contributed by atoms with Gasteiger partial charge < -0.3 is 20.5 Å². The summed E-state index contributed by atoms with van der Waals surface area (Å²) in [5, 5.41) is 11.0. The Kier molecular flexibility index (Phi) is 4.88. The van der Waals surface area contributed by atoms with E-state index in [1.165, 1.54) is 0 Å². The maximum atomic E-state index is 13.5.